The Morgan fingerprint density at radius 2 is 1.62 bits per heavy atom. The second-order valence-corrected chi connectivity index (χ2v) is 4.53. The van der Waals surface area contributed by atoms with E-state index in [9.17, 15) is 4.79 Å². The number of carbonyl (C=O) groups excluding carboxylic acids is 1. The summed E-state index contributed by atoms with van der Waals surface area (Å²) in [5, 5.41) is 0. The Balaban J connectivity index is 3.19. The SMILES string of the molecule is CC(C)CCCC(C)CCCC=O. The third kappa shape index (κ3) is 9.59. The summed E-state index contributed by atoms with van der Waals surface area (Å²) >= 11 is 0. The number of unbranched alkanes of at least 4 members (excludes halogenated alkanes) is 1. The maximum atomic E-state index is 10.1. The standard InChI is InChI=1S/C12H24O/c1-11(2)7-6-9-12(3)8-4-5-10-13/h10-12H,4-9H2,1-3H3. The van der Waals surface area contributed by atoms with Crippen LogP contribution in [0.1, 0.15) is 59.3 Å². The highest BCUT2D eigenvalue weighted by Crippen LogP contribution is 2.16. The van der Waals surface area contributed by atoms with Crippen molar-refractivity contribution >= 4 is 6.29 Å². The summed E-state index contributed by atoms with van der Waals surface area (Å²) in [4.78, 5) is 10.1. The second kappa shape index (κ2) is 8.28. The summed E-state index contributed by atoms with van der Waals surface area (Å²) in [5.74, 6) is 1.64. The van der Waals surface area contributed by atoms with Crippen molar-refractivity contribution in [2.45, 2.75) is 59.3 Å². The van der Waals surface area contributed by atoms with E-state index >= 15 is 0 Å². The number of hydrogen-bond donors (Lipinski definition) is 0. The Labute approximate surface area is 82.9 Å². The Bertz CT molecular complexity index is 118. The third-order valence-corrected chi connectivity index (χ3v) is 2.50. The van der Waals surface area contributed by atoms with Crippen LogP contribution in [0.25, 0.3) is 0 Å². The number of aldehydes is 1. The minimum atomic E-state index is 0.745. The molecule has 0 N–H and O–H groups in total. The van der Waals surface area contributed by atoms with Crippen LogP contribution in [0.4, 0.5) is 0 Å². The molecule has 0 bridgehead atoms. The van der Waals surface area contributed by atoms with Gasteiger partial charge in [0, 0.05) is 6.42 Å². The lowest BCUT2D eigenvalue weighted by Gasteiger charge is -2.10. The lowest BCUT2D eigenvalue weighted by Crippen LogP contribution is -1.96. The molecular formula is C12H24O. The van der Waals surface area contributed by atoms with Gasteiger partial charge in [0.2, 0.25) is 0 Å². The summed E-state index contributed by atoms with van der Waals surface area (Å²) in [6.07, 6.45) is 8.09. The summed E-state index contributed by atoms with van der Waals surface area (Å²) in [7, 11) is 0. The molecule has 1 nitrogen and oxygen atoms in total. The zero-order chi connectivity index (χ0) is 10.1. The van der Waals surface area contributed by atoms with E-state index in [4.69, 9.17) is 0 Å². The fourth-order valence-corrected chi connectivity index (χ4v) is 1.57. The van der Waals surface area contributed by atoms with Gasteiger partial charge in [-0.15, -0.1) is 0 Å². The van der Waals surface area contributed by atoms with Crippen LogP contribution in [0.15, 0.2) is 0 Å². The highest BCUT2D eigenvalue weighted by Gasteiger charge is 2.02. The zero-order valence-electron chi connectivity index (χ0n) is 9.38. The minimum Gasteiger partial charge on any atom is -0.303 e. The molecule has 78 valence electrons. The van der Waals surface area contributed by atoms with Gasteiger partial charge in [-0.05, 0) is 18.3 Å². The molecule has 0 radical (unpaired) electrons. The van der Waals surface area contributed by atoms with E-state index in [0.717, 1.165) is 31.0 Å². The smallest absolute Gasteiger partial charge is 0.119 e. The normalized spacial score (nSPS) is 13.2. The topological polar surface area (TPSA) is 17.1 Å². The van der Waals surface area contributed by atoms with E-state index < -0.39 is 0 Å². The molecule has 0 aliphatic rings. The number of hydrogen-bond acceptors (Lipinski definition) is 1. The van der Waals surface area contributed by atoms with E-state index in [1.54, 1.807) is 0 Å². The molecule has 1 unspecified atom stereocenters. The molecule has 0 aromatic heterocycles. The molecule has 0 aliphatic heterocycles. The van der Waals surface area contributed by atoms with Crippen molar-refractivity contribution in [3.05, 3.63) is 0 Å². The third-order valence-electron chi connectivity index (χ3n) is 2.50. The van der Waals surface area contributed by atoms with E-state index in [-0.39, 0.29) is 0 Å². The summed E-state index contributed by atoms with van der Waals surface area (Å²) in [5.41, 5.74) is 0. The molecule has 0 heterocycles. The van der Waals surface area contributed by atoms with Crippen LogP contribution in [0.5, 0.6) is 0 Å². The highest BCUT2D eigenvalue weighted by atomic mass is 16.1. The lowest BCUT2D eigenvalue weighted by atomic mass is 9.96. The first kappa shape index (κ1) is 12.7. The van der Waals surface area contributed by atoms with Crippen molar-refractivity contribution in [1.29, 1.82) is 0 Å². The molecule has 0 aromatic rings. The Hall–Kier alpha value is -0.330. The van der Waals surface area contributed by atoms with Crippen molar-refractivity contribution in [3.63, 3.8) is 0 Å². The van der Waals surface area contributed by atoms with Gasteiger partial charge in [-0.25, -0.2) is 0 Å². The van der Waals surface area contributed by atoms with Crippen molar-refractivity contribution < 1.29 is 4.79 Å². The first-order valence-electron chi connectivity index (χ1n) is 5.60. The molecule has 0 rings (SSSR count). The van der Waals surface area contributed by atoms with Crippen LogP contribution in [-0.4, -0.2) is 6.29 Å². The first-order chi connectivity index (χ1) is 6.16. The molecule has 13 heavy (non-hydrogen) atoms. The maximum Gasteiger partial charge on any atom is 0.119 e. The van der Waals surface area contributed by atoms with Gasteiger partial charge in [0.05, 0.1) is 0 Å². The van der Waals surface area contributed by atoms with E-state index in [1.165, 1.54) is 25.7 Å². The molecule has 1 atom stereocenters. The number of rotatable bonds is 8. The quantitative estimate of drug-likeness (QED) is 0.414. The van der Waals surface area contributed by atoms with Gasteiger partial charge in [-0.1, -0.05) is 46.5 Å². The van der Waals surface area contributed by atoms with Crippen LogP contribution < -0.4 is 0 Å². The average molecular weight is 184 g/mol. The van der Waals surface area contributed by atoms with Gasteiger partial charge >= 0.3 is 0 Å². The van der Waals surface area contributed by atoms with Crippen LogP contribution in [0, 0.1) is 11.8 Å². The molecular weight excluding hydrogens is 160 g/mol. The zero-order valence-corrected chi connectivity index (χ0v) is 9.38. The van der Waals surface area contributed by atoms with Crippen molar-refractivity contribution in [3.8, 4) is 0 Å². The van der Waals surface area contributed by atoms with Crippen LogP contribution in [-0.2, 0) is 4.79 Å². The molecule has 0 aliphatic carbocycles. The summed E-state index contributed by atoms with van der Waals surface area (Å²) in [6.45, 7) is 6.85. The maximum absolute atomic E-state index is 10.1. The van der Waals surface area contributed by atoms with Crippen LogP contribution in [0.2, 0.25) is 0 Å². The van der Waals surface area contributed by atoms with Crippen LogP contribution in [0.3, 0.4) is 0 Å². The second-order valence-electron chi connectivity index (χ2n) is 4.53. The summed E-state index contributed by atoms with van der Waals surface area (Å²) in [6, 6.07) is 0. The summed E-state index contributed by atoms with van der Waals surface area (Å²) < 4.78 is 0. The van der Waals surface area contributed by atoms with Gasteiger partial charge < -0.3 is 4.79 Å². The molecule has 0 spiro atoms. The molecule has 0 fully saturated rings. The Morgan fingerprint density at radius 3 is 2.15 bits per heavy atom. The monoisotopic (exact) mass is 184 g/mol. The van der Waals surface area contributed by atoms with E-state index in [1.807, 2.05) is 0 Å². The molecule has 0 saturated carbocycles. The minimum absolute atomic E-state index is 0.745. The molecule has 0 amide bonds. The molecule has 1 heteroatoms. The van der Waals surface area contributed by atoms with Gasteiger partial charge in [0.1, 0.15) is 6.29 Å². The van der Waals surface area contributed by atoms with Gasteiger partial charge in [-0.3, -0.25) is 0 Å². The first-order valence-corrected chi connectivity index (χ1v) is 5.60. The Morgan fingerprint density at radius 1 is 1.00 bits per heavy atom. The van der Waals surface area contributed by atoms with Gasteiger partial charge in [-0.2, -0.15) is 0 Å². The van der Waals surface area contributed by atoms with Gasteiger partial charge in [0.15, 0.2) is 0 Å². The predicted molar refractivity (Wildman–Crippen MR) is 57.8 cm³/mol. The van der Waals surface area contributed by atoms with Gasteiger partial charge in [0.25, 0.3) is 0 Å². The Kier molecular flexibility index (Phi) is 8.07. The largest absolute Gasteiger partial charge is 0.303 e. The fraction of sp³-hybridized carbons (Fsp3) is 0.917. The van der Waals surface area contributed by atoms with E-state index in [0.29, 0.717) is 0 Å². The predicted octanol–water partition coefficient (Wildman–Crippen LogP) is 3.82. The highest BCUT2D eigenvalue weighted by molar-refractivity contribution is 5.48. The number of carbonyl (C=O) groups is 1. The molecule has 0 saturated heterocycles. The van der Waals surface area contributed by atoms with Crippen molar-refractivity contribution in [1.82, 2.24) is 0 Å². The average Bonchev–Trinajstić information content (AvgIpc) is 2.04. The van der Waals surface area contributed by atoms with Crippen molar-refractivity contribution in [2.75, 3.05) is 0 Å². The van der Waals surface area contributed by atoms with Crippen LogP contribution >= 0.6 is 0 Å². The fourth-order valence-electron chi connectivity index (χ4n) is 1.57. The van der Waals surface area contributed by atoms with E-state index in [2.05, 4.69) is 20.8 Å². The molecule has 0 aromatic carbocycles. The van der Waals surface area contributed by atoms with Crippen molar-refractivity contribution in [2.24, 2.45) is 11.8 Å². The lowest BCUT2D eigenvalue weighted by molar-refractivity contribution is -0.107.